The molecule has 0 aliphatic heterocycles. The highest BCUT2D eigenvalue weighted by Crippen LogP contribution is 2.61. The smallest absolute Gasteiger partial charge is 0.160 e. The number of ether oxygens (including phenoxy) is 2. The minimum atomic E-state index is 0.283. The zero-order valence-electron chi connectivity index (χ0n) is 14.5. The maximum absolute atomic E-state index is 10.1. The average molecular weight is 316 g/mol. The van der Waals surface area contributed by atoms with Crippen LogP contribution in [-0.4, -0.2) is 25.4 Å². The molecule has 0 aromatic heterocycles. The number of rotatable bonds is 2. The number of hydrogen-bond acceptors (Lipinski definition) is 3. The molecule has 1 aromatic carbocycles. The molecule has 1 aromatic rings. The normalized spacial score (nSPS) is 38.6. The van der Waals surface area contributed by atoms with E-state index in [9.17, 15) is 5.11 Å². The standard InChI is InChI=1S/C20H28O3/c1-20-9-8-13-14(16(20)6-7-19(20)23-3)5-4-12-10-17(21)18(22-2)11-15(12)13/h10-11,13-14,16,19,21H,4-9H2,1-3H3/t13?,14?,16?,19?,20-/m0/s1. The number of methoxy groups -OCH3 is 2. The molecule has 0 saturated heterocycles. The molecule has 0 heterocycles. The molecular weight excluding hydrogens is 288 g/mol. The summed E-state index contributed by atoms with van der Waals surface area (Å²) >= 11 is 0. The fourth-order valence-corrected chi connectivity index (χ4v) is 6.09. The Bertz CT molecular complexity index is 611. The first-order valence-corrected chi connectivity index (χ1v) is 9.01. The maximum Gasteiger partial charge on any atom is 0.160 e. The van der Waals surface area contributed by atoms with Gasteiger partial charge in [0.05, 0.1) is 13.2 Å². The number of hydrogen-bond donors (Lipinski definition) is 1. The van der Waals surface area contributed by atoms with E-state index >= 15 is 0 Å². The van der Waals surface area contributed by atoms with Gasteiger partial charge in [0.1, 0.15) is 0 Å². The van der Waals surface area contributed by atoms with Crippen molar-refractivity contribution in [1.29, 1.82) is 0 Å². The van der Waals surface area contributed by atoms with Crippen molar-refractivity contribution in [2.45, 2.75) is 57.5 Å². The lowest BCUT2D eigenvalue weighted by Crippen LogP contribution is -2.44. The molecule has 0 spiro atoms. The van der Waals surface area contributed by atoms with E-state index in [1.165, 1.54) is 43.2 Å². The van der Waals surface area contributed by atoms with Gasteiger partial charge in [-0.15, -0.1) is 0 Å². The molecule has 3 aliphatic rings. The fraction of sp³-hybridized carbons (Fsp3) is 0.700. The lowest BCUT2D eigenvalue weighted by Gasteiger charge is -2.50. The first-order chi connectivity index (χ1) is 11.1. The number of benzene rings is 1. The van der Waals surface area contributed by atoms with E-state index in [0.29, 0.717) is 23.2 Å². The van der Waals surface area contributed by atoms with Gasteiger partial charge in [0.25, 0.3) is 0 Å². The molecule has 4 rings (SSSR count). The van der Waals surface area contributed by atoms with Crippen LogP contribution in [0.3, 0.4) is 0 Å². The Balaban J connectivity index is 1.70. The van der Waals surface area contributed by atoms with Crippen molar-refractivity contribution in [3.63, 3.8) is 0 Å². The van der Waals surface area contributed by atoms with Crippen molar-refractivity contribution in [3.05, 3.63) is 23.3 Å². The minimum absolute atomic E-state index is 0.283. The lowest BCUT2D eigenvalue weighted by atomic mass is 9.55. The third-order valence-electron chi connectivity index (χ3n) is 7.22. The SMILES string of the molecule is COc1cc2c(cc1O)CCC1C2CC[C@]2(C)C(OC)CCC12. The van der Waals surface area contributed by atoms with Crippen LogP contribution >= 0.6 is 0 Å². The Morgan fingerprint density at radius 2 is 1.96 bits per heavy atom. The van der Waals surface area contributed by atoms with Crippen LogP contribution in [0.1, 0.15) is 56.1 Å². The van der Waals surface area contributed by atoms with Crippen molar-refractivity contribution >= 4 is 0 Å². The van der Waals surface area contributed by atoms with Gasteiger partial charge < -0.3 is 14.6 Å². The van der Waals surface area contributed by atoms with Gasteiger partial charge in [0.2, 0.25) is 0 Å². The van der Waals surface area contributed by atoms with Gasteiger partial charge in [0, 0.05) is 7.11 Å². The molecule has 0 radical (unpaired) electrons. The van der Waals surface area contributed by atoms with Crippen LogP contribution in [0, 0.1) is 17.3 Å². The predicted molar refractivity (Wildman–Crippen MR) is 90.1 cm³/mol. The highest BCUT2D eigenvalue weighted by Gasteiger charge is 2.55. The monoisotopic (exact) mass is 316 g/mol. The number of phenols is 1. The molecular formula is C20H28O3. The number of phenolic OH excluding ortho intramolecular Hbond substituents is 1. The summed E-state index contributed by atoms with van der Waals surface area (Å²) < 4.78 is 11.2. The van der Waals surface area contributed by atoms with Crippen LogP contribution < -0.4 is 4.74 Å². The third kappa shape index (κ3) is 2.12. The summed E-state index contributed by atoms with van der Waals surface area (Å²) in [6, 6.07) is 4.04. The third-order valence-corrected chi connectivity index (χ3v) is 7.22. The van der Waals surface area contributed by atoms with Gasteiger partial charge in [0.15, 0.2) is 11.5 Å². The Hall–Kier alpha value is -1.22. The summed E-state index contributed by atoms with van der Waals surface area (Å²) in [6.07, 6.45) is 7.77. The second kappa shape index (κ2) is 5.41. The predicted octanol–water partition coefficient (Wildman–Crippen LogP) is 4.27. The first kappa shape index (κ1) is 15.3. The quantitative estimate of drug-likeness (QED) is 0.885. The van der Waals surface area contributed by atoms with E-state index in [4.69, 9.17) is 9.47 Å². The van der Waals surface area contributed by atoms with Crippen molar-refractivity contribution in [1.82, 2.24) is 0 Å². The number of aryl methyl sites for hydroxylation is 1. The van der Waals surface area contributed by atoms with E-state index in [1.54, 1.807) is 7.11 Å². The van der Waals surface area contributed by atoms with Crippen molar-refractivity contribution in [2.24, 2.45) is 17.3 Å². The number of aromatic hydroxyl groups is 1. The van der Waals surface area contributed by atoms with Crippen LogP contribution in [-0.2, 0) is 11.2 Å². The second-order valence-corrected chi connectivity index (χ2v) is 7.98. The average Bonchev–Trinajstić information content (AvgIpc) is 2.90. The van der Waals surface area contributed by atoms with E-state index in [2.05, 4.69) is 13.0 Å². The van der Waals surface area contributed by atoms with Gasteiger partial charge >= 0.3 is 0 Å². The van der Waals surface area contributed by atoms with Crippen molar-refractivity contribution < 1.29 is 14.6 Å². The zero-order valence-corrected chi connectivity index (χ0v) is 14.5. The van der Waals surface area contributed by atoms with Crippen LogP contribution in [0.2, 0.25) is 0 Å². The van der Waals surface area contributed by atoms with E-state index < -0.39 is 0 Å². The summed E-state index contributed by atoms with van der Waals surface area (Å²) in [5, 5.41) is 10.1. The van der Waals surface area contributed by atoms with Crippen LogP contribution in [0.15, 0.2) is 12.1 Å². The van der Waals surface area contributed by atoms with E-state index in [-0.39, 0.29) is 5.75 Å². The fourth-order valence-electron chi connectivity index (χ4n) is 6.09. The maximum atomic E-state index is 10.1. The highest BCUT2D eigenvalue weighted by molar-refractivity contribution is 5.49. The summed E-state index contributed by atoms with van der Waals surface area (Å²) in [6.45, 7) is 2.46. The molecule has 4 unspecified atom stereocenters. The summed E-state index contributed by atoms with van der Waals surface area (Å²) in [5.41, 5.74) is 3.11. The molecule has 126 valence electrons. The Labute approximate surface area is 139 Å². The number of fused-ring (bicyclic) bond motifs is 5. The van der Waals surface area contributed by atoms with Crippen molar-refractivity contribution in [2.75, 3.05) is 14.2 Å². The molecule has 23 heavy (non-hydrogen) atoms. The Morgan fingerprint density at radius 3 is 2.70 bits per heavy atom. The van der Waals surface area contributed by atoms with Gasteiger partial charge in [-0.05, 0) is 85.0 Å². The van der Waals surface area contributed by atoms with Gasteiger partial charge in [-0.1, -0.05) is 6.92 Å². The van der Waals surface area contributed by atoms with Crippen LogP contribution in [0.25, 0.3) is 0 Å². The highest BCUT2D eigenvalue weighted by atomic mass is 16.5. The largest absolute Gasteiger partial charge is 0.504 e. The minimum Gasteiger partial charge on any atom is -0.504 e. The molecule has 3 aliphatic carbocycles. The molecule has 3 nitrogen and oxygen atoms in total. The van der Waals surface area contributed by atoms with Gasteiger partial charge in [-0.3, -0.25) is 0 Å². The Morgan fingerprint density at radius 1 is 1.13 bits per heavy atom. The molecule has 2 saturated carbocycles. The topological polar surface area (TPSA) is 38.7 Å². The van der Waals surface area contributed by atoms with Crippen LogP contribution in [0.5, 0.6) is 11.5 Å². The second-order valence-electron chi connectivity index (χ2n) is 7.98. The van der Waals surface area contributed by atoms with E-state index in [0.717, 1.165) is 18.3 Å². The first-order valence-electron chi connectivity index (χ1n) is 9.01. The molecule has 0 amide bonds. The van der Waals surface area contributed by atoms with Crippen LogP contribution in [0.4, 0.5) is 0 Å². The summed E-state index contributed by atoms with van der Waals surface area (Å²) in [5.74, 6) is 3.07. The molecule has 0 bridgehead atoms. The van der Waals surface area contributed by atoms with Crippen molar-refractivity contribution in [3.8, 4) is 11.5 Å². The summed E-state index contributed by atoms with van der Waals surface area (Å²) in [7, 11) is 3.52. The Kier molecular flexibility index (Phi) is 3.60. The molecule has 3 heteroatoms. The molecule has 1 N–H and O–H groups in total. The molecule has 2 fully saturated rings. The zero-order chi connectivity index (χ0) is 16.2. The molecule has 5 atom stereocenters. The van der Waals surface area contributed by atoms with E-state index in [1.807, 2.05) is 13.2 Å². The van der Waals surface area contributed by atoms with Gasteiger partial charge in [-0.25, -0.2) is 0 Å². The van der Waals surface area contributed by atoms with Gasteiger partial charge in [-0.2, -0.15) is 0 Å². The summed E-state index contributed by atoms with van der Waals surface area (Å²) in [4.78, 5) is 0. The lowest BCUT2D eigenvalue weighted by molar-refractivity contribution is -0.0444.